The molecule has 0 bridgehead atoms. The van der Waals surface area contributed by atoms with Crippen molar-refractivity contribution in [2.45, 2.75) is 12.8 Å². The maximum Gasteiger partial charge on any atom is 0.261 e. The van der Waals surface area contributed by atoms with E-state index >= 15 is 0 Å². The molecule has 7 heteroatoms. The second-order valence-electron chi connectivity index (χ2n) is 5.41. The highest BCUT2D eigenvalue weighted by Crippen LogP contribution is 2.24. The van der Waals surface area contributed by atoms with E-state index in [0.717, 1.165) is 12.1 Å². The molecule has 0 aliphatic carbocycles. The summed E-state index contributed by atoms with van der Waals surface area (Å²) in [6.07, 6.45) is 1.41. The van der Waals surface area contributed by atoms with Crippen LogP contribution in [0, 0.1) is 0 Å². The maximum atomic E-state index is 12.0. The summed E-state index contributed by atoms with van der Waals surface area (Å²) in [5.41, 5.74) is 1.38. The molecule has 1 aliphatic rings. The first-order valence-corrected chi connectivity index (χ1v) is 8.53. The number of hydrogen-bond acceptors (Lipinski definition) is 4. The number of nitrogens with zero attached hydrogens (tertiary/aromatic N) is 1. The Balaban J connectivity index is 1.56. The first kappa shape index (κ1) is 16.2. The lowest BCUT2D eigenvalue weighted by Gasteiger charge is -2.16. The first-order chi connectivity index (χ1) is 11.6. The smallest absolute Gasteiger partial charge is 0.261 e. The van der Waals surface area contributed by atoms with Crippen molar-refractivity contribution >= 4 is 40.4 Å². The minimum Gasteiger partial charge on any atom is -0.342 e. The Morgan fingerprint density at radius 2 is 2.08 bits per heavy atom. The second kappa shape index (κ2) is 7.27. The molecule has 2 N–H and O–H groups in total. The number of nitrogens with one attached hydrogen (secondary N) is 2. The monoisotopic (exact) mass is 343 g/mol. The van der Waals surface area contributed by atoms with Crippen molar-refractivity contribution in [3.05, 3.63) is 46.7 Å². The van der Waals surface area contributed by atoms with Crippen LogP contribution in [-0.2, 0) is 9.59 Å². The third-order valence-corrected chi connectivity index (χ3v) is 4.54. The zero-order valence-corrected chi connectivity index (χ0v) is 13.8. The summed E-state index contributed by atoms with van der Waals surface area (Å²) >= 11 is 1.32. The number of anilines is 2. The van der Waals surface area contributed by atoms with E-state index < -0.39 is 0 Å². The third kappa shape index (κ3) is 3.80. The van der Waals surface area contributed by atoms with Crippen LogP contribution in [0.25, 0.3) is 0 Å². The fourth-order valence-corrected chi connectivity index (χ4v) is 3.17. The molecule has 6 nitrogen and oxygen atoms in total. The topological polar surface area (TPSA) is 78.5 Å². The van der Waals surface area contributed by atoms with Crippen LogP contribution >= 0.6 is 11.3 Å². The van der Waals surface area contributed by atoms with Crippen molar-refractivity contribution in [2.75, 3.05) is 23.3 Å². The fraction of sp³-hybridized carbons (Fsp3) is 0.235. The normalized spacial score (nSPS) is 13.8. The molecule has 1 aliphatic heterocycles. The molecular weight excluding hydrogens is 326 g/mol. The van der Waals surface area contributed by atoms with Crippen molar-refractivity contribution in [2.24, 2.45) is 0 Å². The lowest BCUT2D eigenvalue weighted by molar-refractivity contribution is -0.117. The third-order valence-electron chi connectivity index (χ3n) is 3.67. The van der Waals surface area contributed by atoms with Gasteiger partial charge in [-0.05, 0) is 36.1 Å². The van der Waals surface area contributed by atoms with Gasteiger partial charge in [-0.25, -0.2) is 0 Å². The van der Waals surface area contributed by atoms with Crippen molar-refractivity contribution in [1.82, 2.24) is 5.32 Å². The molecule has 0 unspecified atom stereocenters. The Morgan fingerprint density at radius 3 is 2.79 bits per heavy atom. The average Bonchev–Trinajstić information content (AvgIpc) is 3.24. The van der Waals surface area contributed by atoms with Gasteiger partial charge in [-0.3, -0.25) is 14.4 Å². The Kier molecular flexibility index (Phi) is 4.90. The first-order valence-electron chi connectivity index (χ1n) is 7.65. The highest BCUT2D eigenvalue weighted by atomic mass is 32.1. The quantitative estimate of drug-likeness (QED) is 0.874. The van der Waals surface area contributed by atoms with Crippen LogP contribution in [0.15, 0.2) is 41.8 Å². The summed E-state index contributed by atoms with van der Waals surface area (Å²) in [5, 5.41) is 7.12. The number of benzene rings is 1. The van der Waals surface area contributed by atoms with Crippen LogP contribution < -0.4 is 15.5 Å². The fourth-order valence-electron chi connectivity index (χ4n) is 2.53. The molecule has 24 heavy (non-hydrogen) atoms. The van der Waals surface area contributed by atoms with Gasteiger partial charge in [0, 0.05) is 24.3 Å². The molecule has 0 atom stereocenters. The standard InChI is InChI=1S/C17H17N3O3S/c21-15(11-18-17(23)14-6-3-9-24-14)19-12-4-1-5-13(10-12)20-8-2-7-16(20)22/h1,3-6,9-10H,2,7-8,11H2,(H,18,23)(H,19,21). The molecule has 1 fully saturated rings. The number of amides is 3. The minimum atomic E-state index is -0.315. The summed E-state index contributed by atoms with van der Waals surface area (Å²) in [5.74, 6) is -0.483. The number of hydrogen-bond donors (Lipinski definition) is 2. The Labute approximate surface area is 143 Å². The van der Waals surface area contributed by atoms with Crippen LogP contribution in [0.2, 0.25) is 0 Å². The molecule has 0 saturated carbocycles. The van der Waals surface area contributed by atoms with E-state index in [-0.39, 0.29) is 24.3 Å². The van der Waals surface area contributed by atoms with Crippen LogP contribution in [-0.4, -0.2) is 30.8 Å². The van der Waals surface area contributed by atoms with Crippen molar-refractivity contribution in [3.8, 4) is 0 Å². The van der Waals surface area contributed by atoms with Crippen molar-refractivity contribution in [3.63, 3.8) is 0 Å². The Hall–Kier alpha value is -2.67. The minimum absolute atomic E-state index is 0.0988. The zero-order chi connectivity index (χ0) is 16.9. The number of rotatable bonds is 5. The van der Waals surface area contributed by atoms with Crippen LogP contribution in [0.5, 0.6) is 0 Å². The highest BCUT2D eigenvalue weighted by Gasteiger charge is 2.21. The number of carbonyl (C=O) groups excluding carboxylic acids is 3. The van der Waals surface area contributed by atoms with E-state index in [4.69, 9.17) is 0 Å². The molecule has 1 saturated heterocycles. The number of thiophene rings is 1. The Morgan fingerprint density at radius 1 is 1.21 bits per heavy atom. The highest BCUT2D eigenvalue weighted by molar-refractivity contribution is 7.12. The Bertz CT molecular complexity index is 758. The molecule has 1 aromatic heterocycles. The largest absolute Gasteiger partial charge is 0.342 e. The molecule has 2 heterocycles. The van der Waals surface area contributed by atoms with Gasteiger partial charge in [0.15, 0.2) is 0 Å². The lowest BCUT2D eigenvalue weighted by Crippen LogP contribution is -2.32. The molecule has 3 rings (SSSR count). The van der Waals surface area contributed by atoms with Gasteiger partial charge in [-0.15, -0.1) is 11.3 Å². The van der Waals surface area contributed by atoms with E-state index in [0.29, 0.717) is 23.5 Å². The predicted molar refractivity (Wildman–Crippen MR) is 93.3 cm³/mol. The SMILES string of the molecule is O=C(CNC(=O)c1cccs1)Nc1cccc(N2CCCC2=O)c1. The summed E-state index contributed by atoms with van der Waals surface area (Å²) in [4.78, 5) is 37.9. The lowest BCUT2D eigenvalue weighted by atomic mass is 10.2. The van der Waals surface area contributed by atoms with E-state index in [1.54, 1.807) is 40.6 Å². The average molecular weight is 343 g/mol. The van der Waals surface area contributed by atoms with Gasteiger partial charge in [0.25, 0.3) is 5.91 Å². The number of carbonyl (C=O) groups is 3. The van der Waals surface area contributed by atoms with Gasteiger partial charge in [0.2, 0.25) is 11.8 Å². The van der Waals surface area contributed by atoms with Crippen molar-refractivity contribution < 1.29 is 14.4 Å². The van der Waals surface area contributed by atoms with Crippen LogP contribution in [0.4, 0.5) is 11.4 Å². The van der Waals surface area contributed by atoms with E-state index in [1.807, 2.05) is 6.07 Å². The van der Waals surface area contributed by atoms with E-state index in [9.17, 15) is 14.4 Å². The van der Waals surface area contributed by atoms with Gasteiger partial charge < -0.3 is 15.5 Å². The van der Waals surface area contributed by atoms with E-state index in [2.05, 4.69) is 10.6 Å². The van der Waals surface area contributed by atoms with Crippen LogP contribution in [0.3, 0.4) is 0 Å². The van der Waals surface area contributed by atoms with Gasteiger partial charge >= 0.3 is 0 Å². The molecular formula is C17H17N3O3S. The summed E-state index contributed by atoms with van der Waals surface area (Å²) in [7, 11) is 0. The second-order valence-corrected chi connectivity index (χ2v) is 6.36. The summed E-state index contributed by atoms with van der Waals surface area (Å²) < 4.78 is 0. The predicted octanol–water partition coefficient (Wildman–Crippen LogP) is 2.24. The zero-order valence-electron chi connectivity index (χ0n) is 13.0. The molecule has 0 spiro atoms. The van der Waals surface area contributed by atoms with Crippen LogP contribution in [0.1, 0.15) is 22.5 Å². The van der Waals surface area contributed by atoms with Gasteiger partial charge in [0.1, 0.15) is 0 Å². The van der Waals surface area contributed by atoms with E-state index in [1.165, 1.54) is 11.3 Å². The molecule has 1 aromatic carbocycles. The molecule has 2 aromatic rings. The summed E-state index contributed by atoms with van der Waals surface area (Å²) in [6, 6.07) is 10.6. The molecule has 3 amide bonds. The van der Waals surface area contributed by atoms with Gasteiger partial charge in [0.05, 0.1) is 11.4 Å². The van der Waals surface area contributed by atoms with Gasteiger partial charge in [-0.1, -0.05) is 12.1 Å². The molecule has 124 valence electrons. The van der Waals surface area contributed by atoms with Gasteiger partial charge in [-0.2, -0.15) is 0 Å². The summed E-state index contributed by atoms with van der Waals surface area (Å²) in [6.45, 7) is 0.594. The van der Waals surface area contributed by atoms with Crippen molar-refractivity contribution in [1.29, 1.82) is 0 Å². The molecule has 0 radical (unpaired) electrons. The maximum absolute atomic E-state index is 12.0.